The van der Waals surface area contributed by atoms with Gasteiger partial charge < -0.3 is 15.2 Å². The van der Waals surface area contributed by atoms with E-state index in [0.717, 1.165) is 54.5 Å². The van der Waals surface area contributed by atoms with Crippen molar-refractivity contribution in [2.24, 2.45) is 0 Å². The smallest absolute Gasteiger partial charge is 0.141 e. The summed E-state index contributed by atoms with van der Waals surface area (Å²) in [5.74, 6) is 1.11. The van der Waals surface area contributed by atoms with E-state index in [-0.39, 0.29) is 0 Å². The molecule has 132 valence electrons. The van der Waals surface area contributed by atoms with Gasteiger partial charge in [-0.05, 0) is 39.2 Å². The van der Waals surface area contributed by atoms with Gasteiger partial charge in [-0.2, -0.15) is 0 Å². The number of aromatic nitrogens is 4. The minimum Gasteiger partial charge on any atom is -0.356 e. The van der Waals surface area contributed by atoms with Crippen LogP contribution in [-0.4, -0.2) is 39.1 Å². The van der Waals surface area contributed by atoms with Crippen LogP contribution in [0.15, 0.2) is 12.7 Å². The first-order valence-electron chi connectivity index (χ1n) is 8.81. The zero-order valence-electron chi connectivity index (χ0n) is 15.0. The van der Waals surface area contributed by atoms with E-state index in [2.05, 4.69) is 50.9 Å². The molecule has 7 heteroatoms. The van der Waals surface area contributed by atoms with Gasteiger partial charge in [-0.3, -0.25) is 0 Å². The Labute approximate surface area is 151 Å². The van der Waals surface area contributed by atoms with Gasteiger partial charge in [-0.15, -0.1) is 11.3 Å². The summed E-state index contributed by atoms with van der Waals surface area (Å²) in [6, 6.07) is 0.537. The minimum atomic E-state index is 0.537. The predicted octanol–water partition coefficient (Wildman–Crippen LogP) is 3.10. The third-order valence-electron chi connectivity index (χ3n) is 5.23. The molecular weight excluding hydrogens is 332 g/mol. The largest absolute Gasteiger partial charge is 0.356 e. The van der Waals surface area contributed by atoms with Crippen LogP contribution in [0.5, 0.6) is 0 Å². The Hall–Kier alpha value is -1.99. The number of anilines is 1. The molecule has 6 nitrogen and oxygen atoms in total. The Morgan fingerprint density at radius 3 is 2.72 bits per heavy atom. The van der Waals surface area contributed by atoms with Gasteiger partial charge in [0.15, 0.2) is 0 Å². The van der Waals surface area contributed by atoms with Gasteiger partial charge in [-0.1, -0.05) is 0 Å². The number of aryl methyl sites for hydroxylation is 3. The van der Waals surface area contributed by atoms with E-state index in [0.29, 0.717) is 6.04 Å². The Morgan fingerprint density at radius 1 is 1.20 bits per heavy atom. The summed E-state index contributed by atoms with van der Waals surface area (Å²) >= 11 is 1.77. The fraction of sp³-hybridized carbons (Fsp3) is 0.500. The van der Waals surface area contributed by atoms with Gasteiger partial charge >= 0.3 is 0 Å². The molecule has 0 aromatic carbocycles. The second kappa shape index (κ2) is 6.72. The number of hydrogen-bond acceptors (Lipinski definition) is 6. The van der Waals surface area contributed by atoms with Crippen LogP contribution in [0.25, 0.3) is 10.2 Å². The minimum absolute atomic E-state index is 0.537. The van der Waals surface area contributed by atoms with Crippen LogP contribution in [0.4, 0.5) is 5.82 Å². The lowest BCUT2D eigenvalue weighted by molar-refractivity contribution is 0.411. The number of fused-ring (bicyclic) bond motifs is 1. The summed E-state index contributed by atoms with van der Waals surface area (Å²) in [5, 5.41) is 4.89. The van der Waals surface area contributed by atoms with Crippen molar-refractivity contribution in [2.75, 3.05) is 18.0 Å². The summed E-state index contributed by atoms with van der Waals surface area (Å²) in [7, 11) is 0. The molecule has 0 atom stereocenters. The quantitative estimate of drug-likeness (QED) is 0.752. The standard InChI is InChI=1S/C18H24N6S/c1-11-13(3)25-18-16(11)17(22-10-23-18)24-6-4-14(5-7-24)19-8-15-12(2)20-9-21-15/h9-10,14,19H,4-8H2,1-3H3,(H,20,21). The molecule has 1 saturated heterocycles. The molecule has 0 bridgehead atoms. The lowest BCUT2D eigenvalue weighted by Crippen LogP contribution is -2.42. The van der Waals surface area contributed by atoms with Gasteiger partial charge in [0.2, 0.25) is 0 Å². The molecule has 4 heterocycles. The monoisotopic (exact) mass is 356 g/mol. The van der Waals surface area contributed by atoms with Crippen molar-refractivity contribution in [2.45, 2.75) is 46.2 Å². The summed E-state index contributed by atoms with van der Waals surface area (Å²) in [6.07, 6.45) is 5.71. The number of H-pyrrole nitrogens is 1. The van der Waals surface area contributed by atoms with Crippen molar-refractivity contribution in [1.82, 2.24) is 25.3 Å². The lowest BCUT2D eigenvalue weighted by atomic mass is 10.0. The number of hydrogen-bond donors (Lipinski definition) is 2. The van der Waals surface area contributed by atoms with Crippen molar-refractivity contribution in [1.29, 1.82) is 0 Å². The van der Waals surface area contributed by atoms with E-state index in [1.165, 1.54) is 15.8 Å². The lowest BCUT2D eigenvalue weighted by Gasteiger charge is -2.33. The molecule has 0 saturated carbocycles. The third-order valence-corrected chi connectivity index (χ3v) is 6.35. The highest BCUT2D eigenvalue weighted by Crippen LogP contribution is 2.35. The summed E-state index contributed by atoms with van der Waals surface area (Å²) < 4.78 is 0. The molecule has 2 N–H and O–H groups in total. The van der Waals surface area contributed by atoms with E-state index in [9.17, 15) is 0 Å². The molecule has 4 rings (SSSR count). The van der Waals surface area contributed by atoms with E-state index >= 15 is 0 Å². The van der Waals surface area contributed by atoms with Gasteiger partial charge in [-0.25, -0.2) is 15.0 Å². The van der Waals surface area contributed by atoms with Crippen LogP contribution in [0.1, 0.15) is 34.7 Å². The number of thiophene rings is 1. The van der Waals surface area contributed by atoms with E-state index in [1.807, 2.05) is 0 Å². The topological polar surface area (TPSA) is 69.7 Å². The van der Waals surface area contributed by atoms with Crippen LogP contribution < -0.4 is 10.2 Å². The van der Waals surface area contributed by atoms with Crippen molar-refractivity contribution in [3.63, 3.8) is 0 Å². The third kappa shape index (κ3) is 3.14. The SMILES string of the molecule is Cc1[nH]cnc1CNC1CCN(c2ncnc3sc(C)c(C)c23)CC1. The van der Waals surface area contributed by atoms with E-state index in [1.54, 1.807) is 24.0 Å². The zero-order chi connectivity index (χ0) is 17.4. The molecule has 0 spiro atoms. The van der Waals surface area contributed by atoms with Crippen molar-refractivity contribution in [3.8, 4) is 0 Å². The Balaban J connectivity index is 1.43. The van der Waals surface area contributed by atoms with Gasteiger partial charge in [0, 0.05) is 36.2 Å². The Morgan fingerprint density at radius 2 is 2.00 bits per heavy atom. The highest BCUT2D eigenvalue weighted by atomic mass is 32.1. The van der Waals surface area contributed by atoms with Crippen molar-refractivity contribution in [3.05, 3.63) is 34.5 Å². The summed E-state index contributed by atoms with van der Waals surface area (Å²) in [4.78, 5) is 21.4. The number of piperidine rings is 1. The molecule has 3 aromatic rings. The molecule has 25 heavy (non-hydrogen) atoms. The van der Waals surface area contributed by atoms with E-state index in [4.69, 9.17) is 0 Å². The molecule has 1 aliphatic heterocycles. The number of aromatic amines is 1. The molecule has 0 amide bonds. The zero-order valence-corrected chi connectivity index (χ0v) is 15.8. The van der Waals surface area contributed by atoms with Crippen LogP contribution >= 0.6 is 11.3 Å². The average molecular weight is 356 g/mol. The first-order valence-corrected chi connectivity index (χ1v) is 9.63. The highest BCUT2D eigenvalue weighted by Gasteiger charge is 2.23. The molecule has 0 aliphatic carbocycles. The molecule has 0 radical (unpaired) electrons. The second-order valence-electron chi connectivity index (χ2n) is 6.78. The molecule has 0 unspecified atom stereocenters. The molecular formula is C18H24N6S. The molecule has 3 aromatic heterocycles. The predicted molar refractivity (Wildman–Crippen MR) is 102 cm³/mol. The number of nitrogens with zero attached hydrogens (tertiary/aromatic N) is 4. The summed E-state index contributed by atoms with van der Waals surface area (Å²) in [5.41, 5.74) is 3.59. The first kappa shape index (κ1) is 16.5. The number of nitrogens with one attached hydrogen (secondary N) is 2. The van der Waals surface area contributed by atoms with Gasteiger partial charge in [0.1, 0.15) is 17.0 Å². The Bertz CT molecular complexity index is 875. The number of rotatable bonds is 4. The normalized spacial score (nSPS) is 16.0. The van der Waals surface area contributed by atoms with Gasteiger partial charge in [0.25, 0.3) is 0 Å². The fourth-order valence-electron chi connectivity index (χ4n) is 3.51. The van der Waals surface area contributed by atoms with E-state index < -0.39 is 0 Å². The molecule has 1 aliphatic rings. The molecule has 1 fully saturated rings. The highest BCUT2D eigenvalue weighted by molar-refractivity contribution is 7.18. The first-order chi connectivity index (χ1) is 12.1. The van der Waals surface area contributed by atoms with Crippen molar-refractivity contribution < 1.29 is 0 Å². The van der Waals surface area contributed by atoms with Gasteiger partial charge in [0.05, 0.1) is 17.4 Å². The summed E-state index contributed by atoms with van der Waals surface area (Å²) in [6.45, 7) is 9.30. The number of imidazole rings is 1. The Kier molecular flexibility index (Phi) is 4.43. The van der Waals surface area contributed by atoms with Crippen LogP contribution in [0.3, 0.4) is 0 Å². The maximum Gasteiger partial charge on any atom is 0.141 e. The fourth-order valence-corrected chi connectivity index (χ4v) is 4.50. The van der Waals surface area contributed by atoms with Crippen LogP contribution in [0, 0.1) is 20.8 Å². The second-order valence-corrected chi connectivity index (χ2v) is 7.98. The maximum atomic E-state index is 4.61. The average Bonchev–Trinajstić information content (AvgIpc) is 3.17. The van der Waals surface area contributed by atoms with Crippen molar-refractivity contribution >= 4 is 27.4 Å². The maximum absolute atomic E-state index is 4.61. The van der Waals surface area contributed by atoms with Crippen LogP contribution in [0.2, 0.25) is 0 Å². The van der Waals surface area contributed by atoms with Crippen LogP contribution in [-0.2, 0) is 6.54 Å².